The highest BCUT2D eigenvalue weighted by molar-refractivity contribution is 5.83. The maximum atomic E-state index is 11.3. The van der Waals surface area contributed by atoms with Crippen LogP contribution in [0.1, 0.15) is 44.2 Å². The molecule has 2 nitrogen and oxygen atoms in total. The van der Waals surface area contributed by atoms with Gasteiger partial charge >= 0.3 is 0 Å². The van der Waals surface area contributed by atoms with Gasteiger partial charge in [0.1, 0.15) is 11.5 Å². The van der Waals surface area contributed by atoms with Gasteiger partial charge in [0.05, 0.1) is 0 Å². The first-order valence-electron chi connectivity index (χ1n) is 5.38. The molecule has 0 aromatic heterocycles. The Hall–Kier alpha value is -1.31. The van der Waals surface area contributed by atoms with Gasteiger partial charge in [-0.25, -0.2) is 0 Å². The first-order chi connectivity index (χ1) is 7.06. The van der Waals surface area contributed by atoms with Gasteiger partial charge in [-0.1, -0.05) is 26.3 Å². The molecule has 0 aliphatic rings. The highest BCUT2D eigenvalue weighted by Gasteiger charge is 2.14. The summed E-state index contributed by atoms with van der Waals surface area (Å²) in [5.41, 5.74) is 2.13. The second kappa shape index (κ2) is 4.96. The van der Waals surface area contributed by atoms with Crippen molar-refractivity contribution < 1.29 is 9.90 Å². The Balaban J connectivity index is 3.10. The van der Waals surface area contributed by atoms with Crippen molar-refractivity contribution in [1.29, 1.82) is 0 Å². The van der Waals surface area contributed by atoms with Crippen LogP contribution in [0, 0.1) is 0 Å². The summed E-state index contributed by atoms with van der Waals surface area (Å²) in [7, 11) is 0. The zero-order valence-corrected chi connectivity index (χ0v) is 9.58. The quantitative estimate of drug-likeness (QED) is 0.822. The molecule has 0 fully saturated rings. The maximum absolute atomic E-state index is 11.3. The van der Waals surface area contributed by atoms with Gasteiger partial charge in [-0.15, -0.1) is 0 Å². The van der Waals surface area contributed by atoms with Crippen LogP contribution >= 0.6 is 0 Å². The number of aromatic hydroxyl groups is 1. The molecule has 0 bridgehead atoms. The molecule has 82 valence electrons. The molecule has 1 aromatic carbocycles. The number of Topliss-reactive ketones (excluding diaryl/α,β-unsaturated/α-hetero) is 1. The largest absolute Gasteiger partial charge is 0.508 e. The molecule has 0 saturated heterocycles. The number of rotatable bonds is 4. The zero-order valence-electron chi connectivity index (χ0n) is 9.58. The van der Waals surface area contributed by atoms with Gasteiger partial charge in [0.2, 0.25) is 0 Å². The van der Waals surface area contributed by atoms with Crippen LogP contribution in [0.4, 0.5) is 0 Å². The van der Waals surface area contributed by atoms with E-state index in [0.717, 1.165) is 24.0 Å². The van der Waals surface area contributed by atoms with Crippen molar-refractivity contribution in [3.8, 4) is 5.75 Å². The Morgan fingerprint density at radius 2 is 2.13 bits per heavy atom. The lowest BCUT2D eigenvalue weighted by Crippen LogP contribution is -2.07. The number of ketones is 1. The number of carbonyl (C=O) groups is 1. The molecule has 1 aromatic rings. The first-order valence-corrected chi connectivity index (χ1v) is 5.38. The van der Waals surface area contributed by atoms with Crippen LogP contribution in [0.3, 0.4) is 0 Å². The molecule has 0 radical (unpaired) electrons. The summed E-state index contributed by atoms with van der Waals surface area (Å²) in [6, 6.07) is 5.26. The van der Waals surface area contributed by atoms with E-state index in [9.17, 15) is 9.90 Å². The van der Waals surface area contributed by atoms with Gasteiger partial charge in [0.15, 0.2) is 0 Å². The molecule has 1 atom stereocenters. The molecule has 15 heavy (non-hydrogen) atoms. The van der Waals surface area contributed by atoms with Crippen LogP contribution in [0.5, 0.6) is 5.75 Å². The fraction of sp³-hybridized carbons (Fsp3) is 0.462. The van der Waals surface area contributed by atoms with Gasteiger partial charge in [-0.3, -0.25) is 4.79 Å². The highest BCUT2D eigenvalue weighted by atomic mass is 16.3. The predicted molar refractivity (Wildman–Crippen MR) is 61.2 cm³/mol. The van der Waals surface area contributed by atoms with Crippen LogP contribution in [-0.2, 0) is 11.2 Å². The van der Waals surface area contributed by atoms with Gasteiger partial charge in [0.25, 0.3) is 0 Å². The maximum Gasteiger partial charge on any atom is 0.136 e. The van der Waals surface area contributed by atoms with Gasteiger partial charge in [0, 0.05) is 5.92 Å². The fourth-order valence-electron chi connectivity index (χ4n) is 1.72. The van der Waals surface area contributed by atoms with Gasteiger partial charge in [-0.05, 0) is 36.6 Å². The van der Waals surface area contributed by atoms with Crippen LogP contribution in [0.25, 0.3) is 0 Å². The zero-order chi connectivity index (χ0) is 11.4. The number of carbonyl (C=O) groups excluding carboxylic acids is 1. The number of phenolic OH excluding ortho intramolecular Hbond substituents is 1. The van der Waals surface area contributed by atoms with Crippen molar-refractivity contribution in [2.45, 2.75) is 39.5 Å². The number of phenols is 1. The van der Waals surface area contributed by atoms with E-state index in [1.165, 1.54) is 0 Å². The summed E-state index contributed by atoms with van der Waals surface area (Å²) in [5, 5.41) is 9.40. The van der Waals surface area contributed by atoms with E-state index in [-0.39, 0.29) is 17.5 Å². The number of benzene rings is 1. The third-order valence-corrected chi connectivity index (χ3v) is 2.72. The Labute approximate surface area is 90.9 Å². The number of hydrogen-bond donors (Lipinski definition) is 1. The summed E-state index contributed by atoms with van der Waals surface area (Å²) in [4.78, 5) is 11.3. The Morgan fingerprint density at radius 1 is 1.47 bits per heavy atom. The molecule has 0 aliphatic carbocycles. The molecule has 0 saturated carbocycles. The summed E-state index contributed by atoms with van der Waals surface area (Å²) in [6.07, 6.45) is 1.92. The topological polar surface area (TPSA) is 37.3 Å². The van der Waals surface area contributed by atoms with E-state index in [0.29, 0.717) is 0 Å². The van der Waals surface area contributed by atoms with E-state index < -0.39 is 0 Å². The molecule has 0 amide bonds. The average Bonchev–Trinajstić information content (AvgIpc) is 2.17. The van der Waals surface area contributed by atoms with E-state index in [2.05, 4.69) is 6.92 Å². The average molecular weight is 206 g/mol. The lowest BCUT2D eigenvalue weighted by Gasteiger charge is -2.14. The predicted octanol–water partition coefficient (Wildman–Crippen LogP) is 3.04. The molecule has 1 rings (SSSR count). The van der Waals surface area contributed by atoms with Crippen LogP contribution in [0.15, 0.2) is 18.2 Å². The Kier molecular flexibility index (Phi) is 3.89. The lowest BCUT2D eigenvalue weighted by atomic mass is 9.91. The van der Waals surface area contributed by atoms with Crippen molar-refractivity contribution in [3.63, 3.8) is 0 Å². The monoisotopic (exact) mass is 206 g/mol. The summed E-state index contributed by atoms with van der Waals surface area (Å²) in [5.74, 6) is 0.364. The van der Waals surface area contributed by atoms with Crippen molar-refractivity contribution in [1.82, 2.24) is 0 Å². The number of hydrogen-bond acceptors (Lipinski definition) is 2. The third-order valence-electron chi connectivity index (χ3n) is 2.72. The first kappa shape index (κ1) is 11.8. The third kappa shape index (κ3) is 2.82. The summed E-state index contributed by atoms with van der Waals surface area (Å²) < 4.78 is 0. The molecule has 2 heteroatoms. The second-order valence-electron chi connectivity index (χ2n) is 3.97. The molecular weight excluding hydrogens is 188 g/mol. The minimum Gasteiger partial charge on any atom is -0.508 e. The van der Waals surface area contributed by atoms with Crippen LogP contribution < -0.4 is 0 Å². The number of aryl methyl sites for hydroxylation is 1. The van der Waals surface area contributed by atoms with Gasteiger partial charge < -0.3 is 5.11 Å². The van der Waals surface area contributed by atoms with Crippen molar-refractivity contribution in [2.75, 3.05) is 0 Å². The molecule has 0 heterocycles. The second-order valence-corrected chi connectivity index (χ2v) is 3.97. The van der Waals surface area contributed by atoms with E-state index >= 15 is 0 Å². The SMILES string of the molecule is CCCc1cc(O)ccc1C(C)C(C)=O. The lowest BCUT2D eigenvalue weighted by molar-refractivity contribution is -0.118. The van der Waals surface area contributed by atoms with E-state index in [1.54, 1.807) is 19.1 Å². The summed E-state index contributed by atoms with van der Waals surface area (Å²) in [6.45, 7) is 5.60. The fourth-order valence-corrected chi connectivity index (χ4v) is 1.72. The molecule has 1 unspecified atom stereocenters. The Bertz CT molecular complexity index is 356. The van der Waals surface area contributed by atoms with Crippen molar-refractivity contribution >= 4 is 5.78 Å². The molecule has 0 aliphatic heterocycles. The van der Waals surface area contributed by atoms with Crippen LogP contribution in [0.2, 0.25) is 0 Å². The normalized spacial score (nSPS) is 12.5. The van der Waals surface area contributed by atoms with Crippen molar-refractivity contribution in [2.24, 2.45) is 0 Å². The summed E-state index contributed by atoms with van der Waals surface area (Å²) >= 11 is 0. The van der Waals surface area contributed by atoms with Crippen LogP contribution in [-0.4, -0.2) is 10.9 Å². The molecule has 1 N–H and O–H groups in total. The minimum atomic E-state index is -0.0767. The van der Waals surface area contributed by atoms with E-state index in [4.69, 9.17) is 0 Å². The smallest absolute Gasteiger partial charge is 0.136 e. The molecule has 0 spiro atoms. The molecular formula is C13H18O2. The Morgan fingerprint density at radius 3 is 2.67 bits per heavy atom. The van der Waals surface area contributed by atoms with Gasteiger partial charge in [-0.2, -0.15) is 0 Å². The minimum absolute atomic E-state index is 0.0767. The van der Waals surface area contributed by atoms with Crippen molar-refractivity contribution in [3.05, 3.63) is 29.3 Å². The highest BCUT2D eigenvalue weighted by Crippen LogP contribution is 2.25. The van der Waals surface area contributed by atoms with E-state index in [1.807, 2.05) is 13.0 Å². The standard InChI is InChI=1S/C13H18O2/c1-4-5-11-8-12(15)6-7-13(11)9(2)10(3)14/h6-9,15H,4-5H2,1-3H3.